The lowest BCUT2D eigenvalue weighted by molar-refractivity contribution is -0.120. The molecule has 0 unspecified atom stereocenters. The third-order valence-corrected chi connectivity index (χ3v) is 3.38. The molecule has 0 saturated carbocycles. The zero-order valence-electron chi connectivity index (χ0n) is 11.7. The van der Waals surface area contributed by atoms with Crippen molar-refractivity contribution < 1.29 is 9.53 Å². The second kappa shape index (κ2) is 6.23. The van der Waals surface area contributed by atoms with Gasteiger partial charge in [0, 0.05) is 11.8 Å². The first kappa shape index (κ1) is 13.4. The van der Waals surface area contributed by atoms with Gasteiger partial charge in [-0.25, -0.2) is 0 Å². The van der Waals surface area contributed by atoms with E-state index in [-0.39, 0.29) is 12.4 Å². The molecule has 0 heterocycles. The van der Waals surface area contributed by atoms with E-state index in [1.807, 2.05) is 72.8 Å². The first-order chi connectivity index (χ1) is 10.3. The Bertz CT molecular complexity index is 742. The summed E-state index contributed by atoms with van der Waals surface area (Å²) >= 11 is 0. The fourth-order valence-electron chi connectivity index (χ4n) is 2.35. The summed E-state index contributed by atoms with van der Waals surface area (Å²) in [6, 6.07) is 23.6. The van der Waals surface area contributed by atoms with Crippen molar-refractivity contribution in [3.8, 4) is 5.75 Å². The number of carbonyl (C=O) groups is 1. The van der Waals surface area contributed by atoms with Crippen LogP contribution < -0.4 is 4.74 Å². The van der Waals surface area contributed by atoms with Crippen LogP contribution in [0.25, 0.3) is 10.8 Å². The summed E-state index contributed by atoms with van der Waals surface area (Å²) in [5.74, 6) is 0.837. The molecule has 0 aliphatic heterocycles. The van der Waals surface area contributed by atoms with Crippen molar-refractivity contribution in [1.82, 2.24) is 0 Å². The van der Waals surface area contributed by atoms with Crippen LogP contribution >= 0.6 is 0 Å². The first-order valence-corrected chi connectivity index (χ1v) is 6.99. The summed E-state index contributed by atoms with van der Waals surface area (Å²) in [4.78, 5) is 12.0. The van der Waals surface area contributed by atoms with E-state index in [0.717, 1.165) is 22.1 Å². The molecular formula is C19H16O2. The van der Waals surface area contributed by atoms with Crippen molar-refractivity contribution in [2.75, 3.05) is 6.61 Å². The van der Waals surface area contributed by atoms with Gasteiger partial charge in [0.1, 0.15) is 12.4 Å². The molecule has 0 aliphatic carbocycles. The third kappa shape index (κ3) is 3.29. The van der Waals surface area contributed by atoms with E-state index in [1.54, 1.807) is 0 Å². The molecule has 0 amide bonds. The maximum Gasteiger partial charge on any atom is 0.174 e. The summed E-state index contributed by atoms with van der Waals surface area (Å²) in [7, 11) is 0. The highest BCUT2D eigenvalue weighted by atomic mass is 16.5. The van der Waals surface area contributed by atoms with Gasteiger partial charge in [0.05, 0.1) is 0 Å². The van der Waals surface area contributed by atoms with E-state index in [1.165, 1.54) is 0 Å². The van der Waals surface area contributed by atoms with Gasteiger partial charge in [-0.15, -0.1) is 0 Å². The van der Waals surface area contributed by atoms with Crippen LogP contribution in [0.4, 0.5) is 0 Å². The highest BCUT2D eigenvalue weighted by Gasteiger charge is 2.06. The Morgan fingerprint density at radius 1 is 0.810 bits per heavy atom. The van der Waals surface area contributed by atoms with Gasteiger partial charge in [-0.05, 0) is 17.0 Å². The lowest BCUT2D eigenvalue weighted by Crippen LogP contribution is -2.13. The lowest BCUT2D eigenvalue weighted by atomic mass is 10.1. The second-order valence-electron chi connectivity index (χ2n) is 4.97. The number of hydrogen-bond donors (Lipinski definition) is 0. The Hall–Kier alpha value is -2.61. The molecule has 0 atom stereocenters. The molecule has 3 aromatic rings. The SMILES string of the molecule is O=C(COc1cccc2ccccc12)Cc1ccccc1. The molecule has 3 rings (SSSR count). The van der Waals surface area contributed by atoms with Gasteiger partial charge in [-0.1, -0.05) is 66.7 Å². The van der Waals surface area contributed by atoms with Gasteiger partial charge >= 0.3 is 0 Å². The minimum Gasteiger partial charge on any atom is -0.485 e. The Kier molecular flexibility index (Phi) is 3.97. The highest BCUT2D eigenvalue weighted by molar-refractivity contribution is 5.89. The molecule has 2 heteroatoms. The first-order valence-electron chi connectivity index (χ1n) is 6.99. The molecule has 0 aliphatic rings. The number of hydrogen-bond acceptors (Lipinski definition) is 2. The van der Waals surface area contributed by atoms with Crippen LogP contribution in [0.3, 0.4) is 0 Å². The number of ether oxygens (including phenoxy) is 1. The van der Waals surface area contributed by atoms with Crippen molar-refractivity contribution >= 4 is 16.6 Å². The quantitative estimate of drug-likeness (QED) is 0.703. The molecule has 0 N–H and O–H groups in total. The van der Waals surface area contributed by atoms with Crippen LogP contribution in [0.1, 0.15) is 5.56 Å². The van der Waals surface area contributed by atoms with Crippen LogP contribution in [-0.4, -0.2) is 12.4 Å². The molecule has 0 saturated heterocycles. The van der Waals surface area contributed by atoms with Crippen LogP contribution in [0.15, 0.2) is 72.8 Å². The fraction of sp³-hybridized carbons (Fsp3) is 0.105. The molecule has 104 valence electrons. The second-order valence-corrected chi connectivity index (χ2v) is 4.97. The van der Waals surface area contributed by atoms with Gasteiger partial charge in [0.15, 0.2) is 5.78 Å². The molecule has 3 aromatic carbocycles. The van der Waals surface area contributed by atoms with Crippen LogP contribution in [0.2, 0.25) is 0 Å². The van der Waals surface area contributed by atoms with Gasteiger partial charge in [-0.3, -0.25) is 4.79 Å². The predicted octanol–water partition coefficient (Wildman–Crippen LogP) is 4.03. The van der Waals surface area contributed by atoms with E-state index in [9.17, 15) is 4.79 Å². The Labute approximate surface area is 124 Å². The third-order valence-electron chi connectivity index (χ3n) is 3.38. The number of fused-ring (bicyclic) bond motifs is 1. The Morgan fingerprint density at radius 2 is 1.52 bits per heavy atom. The summed E-state index contributed by atoms with van der Waals surface area (Å²) in [6.45, 7) is 0.100. The predicted molar refractivity (Wildman–Crippen MR) is 84.6 cm³/mol. The molecule has 2 nitrogen and oxygen atoms in total. The Balaban J connectivity index is 1.68. The van der Waals surface area contributed by atoms with Crippen molar-refractivity contribution in [2.24, 2.45) is 0 Å². The summed E-state index contributed by atoms with van der Waals surface area (Å²) < 4.78 is 5.70. The molecule has 0 bridgehead atoms. The van der Waals surface area contributed by atoms with Crippen molar-refractivity contribution in [2.45, 2.75) is 6.42 Å². The van der Waals surface area contributed by atoms with E-state index in [4.69, 9.17) is 4.74 Å². The van der Waals surface area contributed by atoms with Gasteiger partial charge in [0.2, 0.25) is 0 Å². The number of ketones is 1. The lowest BCUT2D eigenvalue weighted by Gasteiger charge is -2.08. The minimum atomic E-state index is 0.0779. The van der Waals surface area contributed by atoms with Crippen LogP contribution in [-0.2, 0) is 11.2 Å². The van der Waals surface area contributed by atoms with Crippen LogP contribution in [0, 0.1) is 0 Å². The van der Waals surface area contributed by atoms with E-state index < -0.39 is 0 Å². The number of rotatable bonds is 5. The molecular weight excluding hydrogens is 260 g/mol. The number of benzene rings is 3. The van der Waals surface area contributed by atoms with Gasteiger partial charge in [-0.2, -0.15) is 0 Å². The standard InChI is InChI=1S/C19H16O2/c20-17(13-15-7-2-1-3-8-15)14-21-19-12-6-10-16-9-4-5-11-18(16)19/h1-12H,13-14H2. The van der Waals surface area contributed by atoms with E-state index in [0.29, 0.717) is 6.42 Å². The van der Waals surface area contributed by atoms with Gasteiger partial charge in [0.25, 0.3) is 0 Å². The fourth-order valence-corrected chi connectivity index (χ4v) is 2.35. The molecule has 0 aromatic heterocycles. The average molecular weight is 276 g/mol. The van der Waals surface area contributed by atoms with Gasteiger partial charge < -0.3 is 4.74 Å². The molecule has 0 radical (unpaired) electrons. The molecule has 0 fully saturated rings. The molecule has 21 heavy (non-hydrogen) atoms. The number of carbonyl (C=O) groups excluding carboxylic acids is 1. The Morgan fingerprint density at radius 3 is 2.38 bits per heavy atom. The maximum absolute atomic E-state index is 12.0. The van der Waals surface area contributed by atoms with Crippen molar-refractivity contribution in [1.29, 1.82) is 0 Å². The summed E-state index contributed by atoms with van der Waals surface area (Å²) in [5.41, 5.74) is 1.02. The largest absolute Gasteiger partial charge is 0.485 e. The molecule has 0 spiro atoms. The van der Waals surface area contributed by atoms with Crippen LogP contribution in [0.5, 0.6) is 5.75 Å². The monoisotopic (exact) mass is 276 g/mol. The summed E-state index contributed by atoms with van der Waals surface area (Å²) in [5, 5.41) is 2.15. The highest BCUT2D eigenvalue weighted by Crippen LogP contribution is 2.25. The minimum absolute atomic E-state index is 0.0779. The summed E-state index contributed by atoms with van der Waals surface area (Å²) in [6.07, 6.45) is 0.408. The smallest absolute Gasteiger partial charge is 0.174 e. The normalized spacial score (nSPS) is 10.5. The zero-order valence-corrected chi connectivity index (χ0v) is 11.7. The topological polar surface area (TPSA) is 26.3 Å². The van der Waals surface area contributed by atoms with Crippen molar-refractivity contribution in [3.05, 3.63) is 78.4 Å². The zero-order chi connectivity index (χ0) is 14.5. The van der Waals surface area contributed by atoms with E-state index >= 15 is 0 Å². The number of Topliss-reactive ketones (excluding diaryl/α,β-unsaturated/α-hetero) is 1. The van der Waals surface area contributed by atoms with Crippen molar-refractivity contribution in [3.63, 3.8) is 0 Å². The van der Waals surface area contributed by atoms with E-state index in [2.05, 4.69) is 0 Å². The average Bonchev–Trinajstić information content (AvgIpc) is 2.54. The maximum atomic E-state index is 12.0.